The first-order valence-corrected chi connectivity index (χ1v) is 7.91. The zero-order valence-corrected chi connectivity index (χ0v) is 13.2. The molecule has 0 saturated carbocycles. The van der Waals surface area contributed by atoms with E-state index in [4.69, 9.17) is 11.6 Å². The molecule has 3 rings (SSSR count). The Labute approximate surface area is 138 Å². The van der Waals surface area contributed by atoms with Gasteiger partial charge < -0.3 is 4.90 Å². The van der Waals surface area contributed by atoms with E-state index in [0.29, 0.717) is 12.1 Å². The van der Waals surface area contributed by atoms with Crippen molar-refractivity contribution in [2.45, 2.75) is 25.3 Å². The van der Waals surface area contributed by atoms with Gasteiger partial charge in [0.2, 0.25) is 5.91 Å². The smallest absolute Gasteiger partial charge is 0.227 e. The molecule has 2 aromatic rings. The molecular weight excluding hydrogens is 320 g/mol. The molecule has 1 aliphatic rings. The standard InChI is InChI=1S/C18H16ClF2NO/c19-16-11-15(21)7-6-12(16)10-18(23)22-8-2-5-17(22)13-3-1-4-14(20)9-13/h1,3-4,6-7,9,11,17H,2,5,8,10H2/t17-/m0/s1. The number of benzene rings is 2. The van der Waals surface area contributed by atoms with Crippen molar-refractivity contribution in [1.82, 2.24) is 4.90 Å². The van der Waals surface area contributed by atoms with Crippen LogP contribution in [0, 0.1) is 11.6 Å². The molecule has 0 unspecified atom stereocenters. The molecule has 1 atom stereocenters. The van der Waals surface area contributed by atoms with Crippen LogP contribution in [0.15, 0.2) is 42.5 Å². The highest BCUT2D eigenvalue weighted by atomic mass is 35.5. The fourth-order valence-electron chi connectivity index (χ4n) is 3.06. The third-order valence-electron chi connectivity index (χ3n) is 4.16. The summed E-state index contributed by atoms with van der Waals surface area (Å²) >= 11 is 5.99. The Kier molecular flexibility index (Phi) is 4.62. The molecule has 120 valence electrons. The Balaban J connectivity index is 1.78. The summed E-state index contributed by atoms with van der Waals surface area (Å²) in [7, 11) is 0. The number of carbonyl (C=O) groups excluding carboxylic acids is 1. The van der Waals surface area contributed by atoms with Gasteiger partial charge in [-0.15, -0.1) is 0 Å². The normalized spacial score (nSPS) is 17.5. The maximum absolute atomic E-state index is 13.4. The van der Waals surface area contributed by atoms with Crippen molar-refractivity contribution in [2.75, 3.05) is 6.54 Å². The highest BCUT2D eigenvalue weighted by Crippen LogP contribution is 2.33. The molecule has 1 aliphatic heterocycles. The summed E-state index contributed by atoms with van der Waals surface area (Å²) in [5, 5.41) is 0.250. The zero-order valence-electron chi connectivity index (χ0n) is 12.4. The zero-order chi connectivity index (χ0) is 16.4. The first-order chi connectivity index (χ1) is 11.0. The molecule has 0 aliphatic carbocycles. The number of amides is 1. The van der Waals surface area contributed by atoms with Crippen LogP contribution in [-0.2, 0) is 11.2 Å². The molecule has 5 heteroatoms. The van der Waals surface area contributed by atoms with E-state index in [1.165, 1.54) is 30.3 Å². The Morgan fingerprint density at radius 3 is 2.70 bits per heavy atom. The molecule has 1 heterocycles. The van der Waals surface area contributed by atoms with E-state index in [9.17, 15) is 13.6 Å². The summed E-state index contributed by atoms with van der Waals surface area (Å²) in [6, 6.07) is 10.3. The molecule has 0 radical (unpaired) electrons. The lowest BCUT2D eigenvalue weighted by molar-refractivity contribution is -0.131. The van der Waals surface area contributed by atoms with Crippen molar-refractivity contribution in [3.63, 3.8) is 0 Å². The number of hydrogen-bond donors (Lipinski definition) is 0. The maximum atomic E-state index is 13.4. The quantitative estimate of drug-likeness (QED) is 0.807. The molecule has 2 aromatic carbocycles. The number of nitrogens with zero attached hydrogens (tertiary/aromatic N) is 1. The fourth-order valence-corrected chi connectivity index (χ4v) is 3.29. The first-order valence-electron chi connectivity index (χ1n) is 7.53. The first kappa shape index (κ1) is 15.9. The lowest BCUT2D eigenvalue weighted by atomic mass is 10.0. The molecule has 1 amide bonds. The van der Waals surface area contributed by atoms with Gasteiger partial charge in [0, 0.05) is 11.6 Å². The van der Waals surface area contributed by atoms with Crippen molar-refractivity contribution in [1.29, 1.82) is 0 Å². The number of carbonyl (C=O) groups is 1. The van der Waals surface area contributed by atoms with Crippen molar-refractivity contribution < 1.29 is 13.6 Å². The molecule has 0 aromatic heterocycles. The van der Waals surface area contributed by atoms with E-state index in [-0.39, 0.29) is 29.2 Å². The minimum absolute atomic E-state index is 0.0785. The highest BCUT2D eigenvalue weighted by molar-refractivity contribution is 6.31. The van der Waals surface area contributed by atoms with E-state index in [1.54, 1.807) is 11.0 Å². The second-order valence-electron chi connectivity index (χ2n) is 5.71. The van der Waals surface area contributed by atoms with Crippen LogP contribution in [-0.4, -0.2) is 17.4 Å². The summed E-state index contributed by atoms with van der Waals surface area (Å²) in [6.45, 7) is 0.638. The van der Waals surface area contributed by atoms with E-state index in [1.807, 2.05) is 6.07 Å². The predicted molar refractivity (Wildman–Crippen MR) is 85.2 cm³/mol. The number of likely N-dealkylation sites (tertiary alicyclic amines) is 1. The van der Waals surface area contributed by atoms with Crippen LogP contribution in [0.4, 0.5) is 8.78 Å². The van der Waals surface area contributed by atoms with Crippen LogP contribution in [0.3, 0.4) is 0 Å². The highest BCUT2D eigenvalue weighted by Gasteiger charge is 2.30. The third kappa shape index (κ3) is 3.53. The predicted octanol–water partition coefficient (Wildman–Crippen LogP) is 4.52. The lowest BCUT2D eigenvalue weighted by Gasteiger charge is -2.25. The summed E-state index contributed by atoms with van der Waals surface area (Å²) in [5.74, 6) is -0.807. The molecule has 0 bridgehead atoms. The minimum atomic E-state index is -0.426. The summed E-state index contributed by atoms with van der Waals surface area (Å²) in [4.78, 5) is 14.4. The SMILES string of the molecule is O=C(Cc1ccc(F)cc1Cl)N1CCC[C@H]1c1cccc(F)c1. The Hall–Kier alpha value is -1.94. The summed E-state index contributed by atoms with van der Waals surface area (Å²) in [5.41, 5.74) is 1.41. The number of rotatable bonds is 3. The van der Waals surface area contributed by atoms with Crippen LogP contribution >= 0.6 is 11.6 Å². The second-order valence-corrected chi connectivity index (χ2v) is 6.12. The average molecular weight is 336 g/mol. The summed E-state index contributed by atoms with van der Waals surface area (Å²) < 4.78 is 26.5. The van der Waals surface area contributed by atoms with Gasteiger partial charge in [-0.1, -0.05) is 29.8 Å². The van der Waals surface area contributed by atoms with Crippen LogP contribution in [0.2, 0.25) is 5.02 Å². The Morgan fingerprint density at radius 2 is 1.96 bits per heavy atom. The van der Waals surface area contributed by atoms with Gasteiger partial charge in [-0.05, 0) is 48.2 Å². The largest absolute Gasteiger partial charge is 0.335 e. The van der Waals surface area contributed by atoms with E-state index in [0.717, 1.165) is 18.4 Å². The van der Waals surface area contributed by atoms with Crippen molar-refractivity contribution in [2.24, 2.45) is 0 Å². The van der Waals surface area contributed by atoms with E-state index >= 15 is 0 Å². The van der Waals surface area contributed by atoms with E-state index in [2.05, 4.69) is 0 Å². The van der Waals surface area contributed by atoms with Crippen LogP contribution in [0.1, 0.15) is 30.0 Å². The maximum Gasteiger partial charge on any atom is 0.227 e. The lowest BCUT2D eigenvalue weighted by Crippen LogP contribution is -2.32. The molecule has 2 nitrogen and oxygen atoms in total. The van der Waals surface area contributed by atoms with Gasteiger partial charge in [0.15, 0.2) is 0 Å². The molecule has 0 N–H and O–H groups in total. The summed E-state index contributed by atoms with van der Waals surface area (Å²) in [6.07, 6.45) is 1.81. The van der Waals surface area contributed by atoms with Gasteiger partial charge in [0.25, 0.3) is 0 Å². The Bertz CT molecular complexity index is 735. The Morgan fingerprint density at radius 1 is 1.17 bits per heavy atom. The van der Waals surface area contributed by atoms with Gasteiger partial charge in [-0.3, -0.25) is 4.79 Å². The van der Waals surface area contributed by atoms with Gasteiger partial charge >= 0.3 is 0 Å². The molecular formula is C18H16ClF2NO. The van der Waals surface area contributed by atoms with Crippen LogP contribution in [0.5, 0.6) is 0 Å². The topological polar surface area (TPSA) is 20.3 Å². The number of halogens is 3. The van der Waals surface area contributed by atoms with Crippen LogP contribution in [0.25, 0.3) is 0 Å². The van der Waals surface area contributed by atoms with Crippen LogP contribution < -0.4 is 0 Å². The molecule has 0 spiro atoms. The van der Waals surface area contributed by atoms with Crippen molar-refractivity contribution in [3.8, 4) is 0 Å². The molecule has 1 saturated heterocycles. The second kappa shape index (κ2) is 6.67. The molecule has 23 heavy (non-hydrogen) atoms. The fraction of sp³-hybridized carbons (Fsp3) is 0.278. The third-order valence-corrected chi connectivity index (χ3v) is 4.52. The molecule has 1 fully saturated rings. The monoisotopic (exact) mass is 335 g/mol. The van der Waals surface area contributed by atoms with Crippen molar-refractivity contribution >= 4 is 17.5 Å². The van der Waals surface area contributed by atoms with Gasteiger partial charge in [-0.25, -0.2) is 8.78 Å². The van der Waals surface area contributed by atoms with Gasteiger partial charge in [0.1, 0.15) is 11.6 Å². The van der Waals surface area contributed by atoms with E-state index < -0.39 is 5.82 Å². The average Bonchev–Trinajstić information content (AvgIpc) is 2.99. The van der Waals surface area contributed by atoms with Gasteiger partial charge in [0.05, 0.1) is 12.5 Å². The number of hydrogen-bond acceptors (Lipinski definition) is 1. The minimum Gasteiger partial charge on any atom is -0.335 e. The van der Waals surface area contributed by atoms with Gasteiger partial charge in [-0.2, -0.15) is 0 Å². The van der Waals surface area contributed by atoms with Crippen molar-refractivity contribution in [3.05, 3.63) is 70.2 Å².